The van der Waals surface area contributed by atoms with E-state index in [1.54, 1.807) is 24.3 Å². The van der Waals surface area contributed by atoms with Crippen molar-refractivity contribution < 1.29 is 18.3 Å². The van der Waals surface area contributed by atoms with Crippen molar-refractivity contribution in [3.8, 4) is 5.75 Å². The zero-order chi connectivity index (χ0) is 21.2. The predicted molar refractivity (Wildman–Crippen MR) is 115 cm³/mol. The lowest BCUT2D eigenvalue weighted by molar-refractivity contribution is -0.0964. The maximum Gasteiger partial charge on any atom is 0.487 e. The molecule has 2 amide bonds. The molecule has 0 bridgehead atoms. The summed E-state index contributed by atoms with van der Waals surface area (Å²) in [5.41, 5.74) is -2.88. The van der Waals surface area contributed by atoms with Gasteiger partial charge >= 0.3 is 11.6 Å². The van der Waals surface area contributed by atoms with Crippen LogP contribution in [0.3, 0.4) is 0 Å². The van der Waals surface area contributed by atoms with Crippen LogP contribution in [-0.2, 0) is 0 Å². The van der Waals surface area contributed by atoms with Gasteiger partial charge in [-0.15, -0.1) is 8.78 Å². The molecule has 0 unspecified atom stereocenters. The van der Waals surface area contributed by atoms with Crippen molar-refractivity contribution in [2.75, 3.05) is 16.8 Å². The molecule has 1 aliphatic heterocycles. The topological polar surface area (TPSA) is 53.9 Å². The number of anilines is 2. The van der Waals surface area contributed by atoms with E-state index in [0.29, 0.717) is 28.1 Å². The lowest BCUT2D eigenvalue weighted by Gasteiger charge is -2.24. The maximum atomic E-state index is 13.0. The van der Waals surface area contributed by atoms with Gasteiger partial charge in [-0.05, 0) is 56.3 Å². The molecule has 10 heteroatoms. The highest BCUT2D eigenvalue weighted by Crippen LogP contribution is 2.36. The lowest BCUT2D eigenvalue weighted by atomic mass is 10.2. The number of hydrogen-bond acceptors (Lipinski definition) is 4. The molecule has 1 N–H and O–H groups in total. The molecule has 2 aromatic carbocycles. The summed E-state index contributed by atoms with van der Waals surface area (Å²) < 4.78 is 29.8. The summed E-state index contributed by atoms with van der Waals surface area (Å²) in [6, 6.07) is 11.8. The Kier molecular flexibility index (Phi) is 6.26. The van der Waals surface area contributed by atoms with Crippen LogP contribution in [0.4, 0.5) is 25.0 Å². The number of hydrogen-bond donors (Lipinski definition) is 1. The molecular formula is C19H17Cl2F2N3O2S. The Morgan fingerprint density at radius 2 is 1.97 bits per heavy atom. The minimum absolute atomic E-state index is 0.134. The van der Waals surface area contributed by atoms with Crippen molar-refractivity contribution in [2.45, 2.75) is 24.2 Å². The number of rotatable bonds is 4. The van der Waals surface area contributed by atoms with Gasteiger partial charge in [-0.2, -0.15) is 0 Å². The normalized spacial score (nSPS) is 15.6. The SMILES string of the molecule is CC1(C)CN=C(N(C(=O)Nc2cccc(Cl)c2)c2ccc(OC(F)(F)Cl)cc2)S1. The smallest absolute Gasteiger partial charge is 0.420 e. The van der Waals surface area contributed by atoms with E-state index in [-0.39, 0.29) is 10.5 Å². The number of halogens is 4. The quantitative estimate of drug-likeness (QED) is 0.536. The van der Waals surface area contributed by atoms with Crippen molar-refractivity contribution in [3.05, 3.63) is 53.6 Å². The summed E-state index contributed by atoms with van der Waals surface area (Å²) in [5, 5.41) is 3.74. The molecule has 0 fully saturated rings. The van der Waals surface area contributed by atoms with Crippen LogP contribution in [0.15, 0.2) is 53.5 Å². The Morgan fingerprint density at radius 3 is 2.52 bits per heavy atom. The summed E-state index contributed by atoms with van der Waals surface area (Å²) in [6.07, 6.45) is 0. The van der Waals surface area contributed by atoms with E-state index in [1.807, 2.05) is 13.8 Å². The Bertz CT molecular complexity index is 934. The molecule has 3 rings (SSSR count). The number of amidine groups is 1. The first-order valence-electron chi connectivity index (χ1n) is 8.48. The zero-order valence-electron chi connectivity index (χ0n) is 15.5. The van der Waals surface area contributed by atoms with E-state index >= 15 is 0 Å². The highest BCUT2D eigenvalue weighted by molar-refractivity contribution is 8.15. The van der Waals surface area contributed by atoms with Crippen LogP contribution in [0.5, 0.6) is 5.75 Å². The van der Waals surface area contributed by atoms with Gasteiger partial charge in [-0.25, -0.2) is 9.69 Å². The van der Waals surface area contributed by atoms with Crippen molar-refractivity contribution in [3.63, 3.8) is 0 Å². The van der Waals surface area contributed by atoms with Crippen molar-refractivity contribution in [1.29, 1.82) is 0 Å². The molecule has 1 aliphatic rings. The minimum Gasteiger partial charge on any atom is -0.420 e. The zero-order valence-corrected chi connectivity index (χ0v) is 17.8. The monoisotopic (exact) mass is 459 g/mol. The van der Waals surface area contributed by atoms with Crippen LogP contribution >= 0.6 is 35.0 Å². The van der Waals surface area contributed by atoms with Gasteiger partial charge in [-0.3, -0.25) is 4.99 Å². The van der Waals surface area contributed by atoms with Gasteiger partial charge in [0.25, 0.3) is 0 Å². The fraction of sp³-hybridized carbons (Fsp3) is 0.263. The van der Waals surface area contributed by atoms with Crippen LogP contribution < -0.4 is 15.0 Å². The fourth-order valence-electron chi connectivity index (χ4n) is 2.54. The van der Waals surface area contributed by atoms with E-state index in [4.69, 9.17) is 23.2 Å². The summed E-state index contributed by atoms with van der Waals surface area (Å²) in [5.74, 6) is -0.134. The number of nitrogens with zero attached hydrogens (tertiary/aromatic N) is 2. The van der Waals surface area contributed by atoms with Crippen LogP contribution in [-0.4, -0.2) is 28.1 Å². The van der Waals surface area contributed by atoms with Crippen molar-refractivity contribution in [1.82, 2.24) is 0 Å². The molecular weight excluding hydrogens is 443 g/mol. The number of carbonyl (C=O) groups excluding carboxylic acids is 1. The molecule has 0 saturated carbocycles. The van der Waals surface area contributed by atoms with Crippen molar-refractivity contribution >= 4 is 57.5 Å². The van der Waals surface area contributed by atoms with E-state index in [1.165, 1.54) is 40.9 Å². The summed E-state index contributed by atoms with van der Waals surface area (Å²) in [4.78, 5) is 18.9. The number of carbonyl (C=O) groups is 1. The Hall–Kier alpha value is -2.03. The molecule has 1 heterocycles. The first-order valence-corrected chi connectivity index (χ1v) is 10.1. The number of ether oxygens (including phenoxy) is 1. The maximum absolute atomic E-state index is 13.0. The molecule has 0 saturated heterocycles. The lowest BCUT2D eigenvalue weighted by Crippen LogP contribution is -2.38. The van der Waals surface area contributed by atoms with E-state index in [9.17, 15) is 13.6 Å². The number of thioether (sulfide) groups is 1. The largest absolute Gasteiger partial charge is 0.487 e. The van der Waals surface area contributed by atoms with E-state index < -0.39 is 11.6 Å². The van der Waals surface area contributed by atoms with Crippen molar-refractivity contribution in [2.24, 2.45) is 4.99 Å². The van der Waals surface area contributed by atoms with E-state index in [0.717, 1.165) is 0 Å². The van der Waals surface area contributed by atoms with Gasteiger partial charge in [0.15, 0.2) is 5.17 Å². The molecule has 0 aliphatic carbocycles. The highest BCUT2D eigenvalue weighted by atomic mass is 35.5. The first kappa shape index (κ1) is 21.7. The molecule has 0 spiro atoms. The average Bonchev–Trinajstić information content (AvgIpc) is 2.95. The van der Waals surface area contributed by atoms with Gasteiger partial charge in [0.1, 0.15) is 5.75 Å². The molecule has 154 valence electrons. The molecule has 2 aromatic rings. The summed E-state index contributed by atoms with van der Waals surface area (Å²) in [6.45, 7) is 4.56. The van der Waals surface area contributed by atoms with Crippen LogP contribution in [0, 0.1) is 0 Å². The number of aliphatic imine (C=N–C) groups is 1. The standard InChI is InChI=1S/C19H17Cl2F2N3O2S/c1-18(2)11-24-17(29-18)26(16(27)25-13-5-3-4-12(20)10-13)14-6-8-15(9-7-14)28-19(21,22)23/h3-10H,11H2,1-2H3,(H,25,27). The number of urea groups is 1. The Morgan fingerprint density at radius 1 is 1.28 bits per heavy atom. The predicted octanol–water partition coefficient (Wildman–Crippen LogP) is 6.43. The molecule has 0 aromatic heterocycles. The van der Waals surface area contributed by atoms with Gasteiger partial charge in [0, 0.05) is 27.1 Å². The second-order valence-electron chi connectivity index (χ2n) is 6.78. The minimum atomic E-state index is -3.82. The number of amides is 2. The summed E-state index contributed by atoms with van der Waals surface area (Å²) >= 11 is 12.2. The molecule has 0 atom stereocenters. The second kappa shape index (κ2) is 8.38. The number of nitrogens with one attached hydrogen (secondary N) is 1. The third kappa shape index (κ3) is 5.98. The van der Waals surface area contributed by atoms with Crippen LogP contribution in [0.1, 0.15) is 13.8 Å². The van der Waals surface area contributed by atoms with Crippen LogP contribution in [0.25, 0.3) is 0 Å². The second-order valence-corrected chi connectivity index (χ2v) is 9.33. The summed E-state index contributed by atoms with van der Waals surface area (Å²) in [7, 11) is 0. The highest BCUT2D eigenvalue weighted by Gasteiger charge is 2.34. The third-order valence-corrected chi connectivity index (χ3v) is 5.25. The molecule has 0 radical (unpaired) electrons. The number of alkyl halides is 3. The van der Waals surface area contributed by atoms with Gasteiger partial charge in [0.05, 0.1) is 12.2 Å². The van der Waals surface area contributed by atoms with Gasteiger partial charge < -0.3 is 10.1 Å². The Balaban J connectivity index is 1.88. The first-order chi connectivity index (χ1) is 13.5. The average molecular weight is 460 g/mol. The van der Waals surface area contributed by atoms with E-state index in [2.05, 4.69) is 15.0 Å². The van der Waals surface area contributed by atoms with Gasteiger partial charge in [0.2, 0.25) is 0 Å². The number of benzene rings is 2. The molecule has 29 heavy (non-hydrogen) atoms. The third-order valence-electron chi connectivity index (χ3n) is 3.76. The van der Waals surface area contributed by atoms with Gasteiger partial charge in [-0.1, -0.05) is 29.4 Å². The molecule has 5 nitrogen and oxygen atoms in total. The fourth-order valence-corrected chi connectivity index (χ4v) is 3.85. The Labute approximate surface area is 181 Å². The van der Waals surface area contributed by atoms with Crippen LogP contribution in [0.2, 0.25) is 5.02 Å².